The van der Waals surface area contributed by atoms with Crippen LogP contribution in [0, 0.1) is 18.6 Å². The summed E-state index contributed by atoms with van der Waals surface area (Å²) < 4.78 is 31.8. The van der Waals surface area contributed by atoms with Crippen molar-refractivity contribution < 1.29 is 18.7 Å². The minimum Gasteiger partial charge on any atom is -0.387 e. The number of nitrogens with zero attached hydrogens (tertiary/aromatic N) is 5. The van der Waals surface area contributed by atoms with Gasteiger partial charge in [-0.2, -0.15) is 0 Å². The molecule has 0 spiro atoms. The number of rotatable bonds is 5. The monoisotopic (exact) mass is 522 g/mol. The first-order chi connectivity index (χ1) is 18.2. The van der Waals surface area contributed by atoms with Crippen LogP contribution in [0.25, 0.3) is 22.2 Å². The molecular weight excluding hydrogens is 490 g/mol. The zero-order valence-electron chi connectivity index (χ0n) is 22.2. The van der Waals surface area contributed by atoms with Crippen molar-refractivity contribution in [2.75, 3.05) is 18.5 Å². The number of aliphatic hydroxyl groups excluding tert-OH is 1. The molecule has 0 unspecified atom stereocenters. The number of aryl methyl sites for hydroxylation is 1. The van der Waals surface area contributed by atoms with Gasteiger partial charge in [-0.1, -0.05) is 19.9 Å². The highest BCUT2D eigenvalue weighted by molar-refractivity contribution is 5.87. The number of hydrogen-bond donors (Lipinski definition) is 2. The van der Waals surface area contributed by atoms with Crippen molar-refractivity contribution in [2.24, 2.45) is 0 Å². The molecule has 4 heterocycles. The van der Waals surface area contributed by atoms with Crippen LogP contribution in [-0.2, 0) is 17.8 Å². The average molecular weight is 523 g/mol. The number of carbonyl (C=O) groups excluding carboxylic acids is 1. The van der Waals surface area contributed by atoms with E-state index in [2.05, 4.69) is 20.3 Å². The Hall–Kier alpha value is -3.92. The van der Waals surface area contributed by atoms with Gasteiger partial charge in [0.25, 0.3) is 0 Å². The molecule has 0 aliphatic carbocycles. The summed E-state index contributed by atoms with van der Waals surface area (Å²) in [7, 11) is 0. The van der Waals surface area contributed by atoms with Crippen LogP contribution in [0.2, 0.25) is 0 Å². The Kier molecular flexibility index (Phi) is 8.01. The number of anilines is 2. The first-order valence-electron chi connectivity index (χ1n) is 12.7. The maximum absolute atomic E-state index is 15.0. The third-order valence-electron chi connectivity index (χ3n) is 6.41. The van der Waals surface area contributed by atoms with E-state index in [0.29, 0.717) is 41.8 Å². The molecule has 4 aromatic rings. The van der Waals surface area contributed by atoms with Gasteiger partial charge in [-0.3, -0.25) is 4.79 Å². The zero-order chi connectivity index (χ0) is 27.6. The Labute approximate surface area is 220 Å². The SMILES string of the molecule is CC.Cc1cc2c(F)cc(-c3nc(Nc4ccc5c(n4)CCN(C(=O)CO)C5)ncc3F)cc2n1C(C)C. The minimum absolute atomic E-state index is 0.0152. The Bertz CT molecular complexity index is 1480. The van der Waals surface area contributed by atoms with Gasteiger partial charge in [0.1, 0.15) is 23.9 Å². The van der Waals surface area contributed by atoms with Gasteiger partial charge >= 0.3 is 0 Å². The lowest BCUT2D eigenvalue weighted by Gasteiger charge is -2.28. The molecule has 10 heteroatoms. The van der Waals surface area contributed by atoms with Crippen molar-refractivity contribution >= 4 is 28.6 Å². The third-order valence-corrected chi connectivity index (χ3v) is 6.41. The lowest BCUT2D eigenvalue weighted by molar-refractivity contribution is -0.135. The van der Waals surface area contributed by atoms with Gasteiger partial charge in [-0.15, -0.1) is 0 Å². The van der Waals surface area contributed by atoms with Crippen LogP contribution in [0.4, 0.5) is 20.5 Å². The Balaban J connectivity index is 0.00000164. The van der Waals surface area contributed by atoms with Crippen LogP contribution in [0.1, 0.15) is 50.7 Å². The fraction of sp³-hybridized carbons (Fsp3) is 0.357. The highest BCUT2D eigenvalue weighted by Gasteiger charge is 2.22. The smallest absolute Gasteiger partial charge is 0.248 e. The molecule has 1 aromatic carbocycles. The van der Waals surface area contributed by atoms with Crippen LogP contribution in [0.5, 0.6) is 0 Å². The number of halogens is 2. The molecule has 2 N–H and O–H groups in total. The van der Waals surface area contributed by atoms with E-state index >= 15 is 0 Å². The molecule has 0 radical (unpaired) electrons. The van der Waals surface area contributed by atoms with E-state index < -0.39 is 18.2 Å². The van der Waals surface area contributed by atoms with Crippen molar-refractivity contribution in [2.45, 2.75) is 53.6 Å². The summed E-state index contributed by atoms with van der Waals surface area (Å²) in [6.45, 7) is 10.3. The summed E-state index contributed by atoms with van der Waals surface area (Å²) in [6, 6.07) is 8.50. The number of aromatic nitrogens is 4. The molecule has 8 nitrogen and oxygen atoms in total. The number of carbonyl (C=O) groups is 1. The summed E-state index contributed by atoms with van der Waals surface area (Å²) in [5.74, 6) is -0.823. The van der Waals surface area contributed by atoms with Crippen molar-refractivity contribution in [1.29, 1.82) is 0 Å². The number of aliphatic hydroxyl groups is 1. The van der Waals surface area contributed by atoms with Crippen molar-refractivity contribution in [3.05, 3.63) is 65.1 Å². The quantitative estimate of drug-likeness (QED) is 0.369. The average Bonchev–Trinajstić information content (AvgIpc) is 3.26. The molecule has 0 atom stereocenters. The van der Waals surface area contributed by atoms with Crippen molar-refractivity contribution in [3.8, 4) is 11.3 Å². The molecule has 1 aliphatic heterocycles. The Morgan fingerprint density at radius 1 is 1.13 bits per heavy atom. The fourth-order valence-corrected chi connectivity index (χ4v) is 4.78. The normalized spacial score (nSPS) is 12.8. The van der Waals surface area contributed by atoms with E-state index in [-0.39, 0.29) is 23.6 Å². The number of nitrogens with one attached hydrogen (secondary N) is 1. The van der Waals surface area contributed by atoms with Crippen molar-refractivity contribution in [1.82, 2.24) is 24.4 Å². The topological polar surface area (TPSA) is 96.2 Å². The van der Waals surface area contributed by atoms with Gasteiger partial charge in [-0.25, -0.2) is 23.7 Å². The van der Waals surface area contributed by atoms with Gasteiger partial charge in [0.15, 0.2) is 5.82 Å². The minimum atomic E-state index is -0.661. The van der Waals surface area contributed by atoms with E-state index in [4.69, 9.17) is 5.11 Å². The molecule has 1 amide bonds. The molecule has 5 rings (SSSR count). The van der Waals surface area contributed by atoms with E-state index in [1.54, 1.807) is 23.1 Å². The molecule has 0 saturated heterocycles. The molecular formula is C28H32F2N6O2. The molecule has 1 aliphatic rings. The lowest BCUT2D eigenvalue weighted by Crippen LogP contribution is -2.37. The summed E-state index contributed by atoms with van der Waals surface area (Å²) >= 11 is 0. The van der Waals surface area contributed by atoms with Gasteiger partial charge in [-0.05, 0) is 50.6 Å². The number of benzene rings is 1. The highest BCUT2D eigenvalue weighted by atomic mass is 19.1. The molecule has 38 heavy (non-hydrogen) atoms. The second-order valence-electron chi connectivity index (χ2n) is 9.18. The molecule has 0 saturated carbocycles. The van der Waals surface area contributed by atoms with Gasteiger partial charge in [0.05, 0.1) is 11.7 Å². The number of hydrogen-bond acceptors (Lipinski definition) is 6. The second kappa shape index (κ2) is 11.2. The maximum Gasteiger partial charge on any atom is 0.248 e. The Morgan fingerprint density at radius 3 is 2.61 bits per heavy atom. The van der Waals surface area contributed by atoms with Gasteiger partial charge < -0.3 is 19.9 Å². The predicted octanol–water partition coefficient (Wildman–Crippen LogP) is 5.31. The predicted molar refractivity (Wildman–Crippen MR) is 143 cm³/mol. The Morgan fingerprint density at radius 2 is 1.89 bits per heavy atom. The van der Waals surface area contributed by atoms with E-state index in [0.717, 1.165) is 23.1 Å². The standard InChI is InChI=1S/C26H26F2N6O2.C2H6/c1-14(2)34-15(3)8-18-19(27)9-17(10-22(18)34)25-20(28)11-29-26(32-25)31-23-5-4-16-12-33(24(36)13-35)7-6-21(16)30-23;1-2/h4-5,8-11,14,35H,6-7,12-13H2,1-3H3,(H,29,30,31,32);1-2H3. The molecule has 200 valence electrons. The summed E-state index contributed by atoms with van der Waals surface area (Å²) in [5, 5.41) is 12.6. The maximum atomic E-state index is 15.0. The van der Waals surface area contributed by atoms with E-state index in [1.807, 2.05) is 45.3 Å². The highest BCUT2D eigenvalue weighted by Crippen LogP contribution is 2.32. The summed E-state index contributed by atoms with van der Waals surface area (Å²) in [6.07, 6.45) is 1.59. The largest absolute Gasteiger partial charge is 0.387 e. The summed E-state index contributed by atoms with van der Waals surface area (Å²) in [5.41, 5.74) is 3.61. The zero-order valence-corrected chi connectivity index (χ0v) is 22.2. The number of fused-ring (bicyclic) bond motifs is 2. The van der Waals surface area contributed by atoms with Crippen LogP contribution in [-0.4, -0.2) is 48.6 Å². The van der Waals surface area contributed by atoms with Crippen LogP contribution < -0.4 is 5.32 Å². The van der Waals surface area contributed by atoms with Gasteiger partial charge in [0.2, 0.25) is 11.9 Å². The van der Waals surface area contributed by atoms with Crippen LogP contribution in [0.3, 0.4) is 0 Å². The first kappa shape index (κ1) is 27.1. The fourth-order valence-electron chi connectivity index (χ4n) is 4.78. The molecule has 0 fully saturated rings. The van der Waals surface area contributed by atoms with E-state index in [1.165, 1.54) is 6.07 Å². The lowest BCUT2D eigenvalue weighted by atomic mass is 10.1. The second-order valence-corrected chi connectivity index (χ2v) is 9.18. The molecule has 3 aromatic heterocycles. The number of amides is 1. The third kappa shape index (κ3) is 5.22. The van der Waals surface area contributed by atoms with Crippen LogP contribution in [0.15, 0.2) is 36.5 Å². The molecule has 0 bridgehead atoms. The summed E-state index contributed by atoms with van der Waals surface area (Å²) in [4.78, 5) is 26.3. The van der Waals surface area contributed by atoms with Gasteiger partial charge in [0, 0.05) is 47.9 Å². The first-order valence-corrected chi connectivity index (χ1v) is 12.7. The van der Waals surface area contributed by atoms with Crippen molar-refractivity contribution in [3.63, 3.8) is 0 Å². The van der Waals surface area contributed by atoms with Crippen LogP contribution >= 0.6 is 0 Å². The van der Waals surface area contributed by atoms with E-state index in [9.17, 15) is 13.6 Å². The number of pyridine rings is 1.